The van der Waals surface area contributed by atoms with Crippen molar-refractivity contribution in [2.45, 2.75) is 31.6 Å². The molecule has 1 atom stereocenters. The minimum atomic E-state index is -0.594. The summed E-state index contributed by atoms with van der Waals surface area (Å²) in [6, 6.07) is 10.4. The molecule has 0 bridgehead atoms. The third-order valence-corrected chi connectivity index (χ3v) is 6.65. The first-order chi connectivity index (χ1) is 15.3. The van der Waals surface area contributed by atoms with Crippen LogP contribution in [0, 0.1) is 5.82 Å². The number of carbonyl (C=O) groups is 2. The molecule has 11 heteroatoms. The van der Waals surface area contributed by atoms with Crippen LogP contribution in [0.1, 0.15) is 36.1 Å². The highest BCUT2D eigenvalue weighted by Crippen LogP contribution is 2.26. The Morgan fingerprint density at radius 3 is 2.69 bits per heavy atom. The molecule has 0 aliphatic heterocycles. The second-order valence-corrected chi connectivity index (χ2v) is 8.93. The van der Waals surface area contributed by atoms with E-state index in [9.17, 15) is 14.0 Å². The molecular weight excluding hydrogens is 521 g/mol. The van der Waals surface area contributed by atoms with Gasteiger partial charge in [0.2, 0.25) is 5.91 Å². The number of aromatic nitrogens is 3. The SMILES string of the molecule is CCn1c(SCC(=O)Nc2ccc(Br)c(Cl)c2)nnc1[C@H](C)NC(=O)c1ccccc1F. The molecule has 3 aromatic rings. The summed E-state index contributed by atoms with van der Waals surface area (Å²) in [5.74, 6) is -0.727. The van der Waals surface area contributed by atoms with Crippen LogP contribution in [0.2, 0.25) is 5.02 Å². The number of carbonyl (C=O) groups excluding carboxylic acids is 2. The molecule has 0 fully saturated rings. The lowest BCUT2D eigenvalue weighted by Gasteiger charge is -2.15. The largest absolute Gasteiger partial charge is 0.342 e. The first kappa shape index (κ1) is 24.2. The van der Waals surface area contributed by atoms with Crippen LogP contribution in [0.3, 0.4) is 0 Å². The molecule has 0 saturated carbocycles. The highest BCUT2D eigenvalue weighted by atomic mass is 79.9. The number of hydrogen-bond acceptors (Lipinski definition) is 5. The van der Waals surface area contributed by atoms with Crippen molar-refractivity contribution in [2.24, 2.45) is 0 Å². The van der Waals surface area contributed by atoms with Gasteiger partial charge in [0.15, 0.2) is 11.0 Å². The van der Waals surface area contributed by atoms with Crippen molar-refractivity contribution in [3.63, 3.8) is 0 Å². The van der Waals surface area contributed by atoms with E-state index >= 15 is 0 Å². The second kappa shape index (κ2) is 10.9. The van der Waals surface area contributed by atoms with Crippen molar-refractivity contribution in [1.29, 1.82) is 0 Å². The molecule has 0 aliphatic carbocycles. The Morgan fingerprint density at radius 1 is 1.25 bits per heavy atom. The van der Waals surface area contributed by atoms with Gasteiger partial charge in [0.05, 0.1) is 22.4 Å². The summed E-state index contributed by atoms with van der Waals surface area (Å²) in [5, 5.41) is 14.9. The van der Waals surface area contributed by atoms with Gasteiger partial charge in [-0.25, -0.2) is 4.39 Å². The van der Waals surface area contributed by atoms with Crippen molar-refractivity contribution in [2.75, 3.05) is 11.1 Å². The number of amides is 2. The number of nitrogens with one attached hydrogen (secondary N) is 2. The normalized spacial score (nSPS) is 11.8. The Morgan fingerprint density at radius 2 is 2.00 bits per heavy atom. The van der Waals surface area contributed by atoms with Gasteiger partial charge in [0.1, 0.15) is 5.82 Å². The van der Waals surface area contributed by atoms with Gasteiger partial charge in [-0.15, -0.1) is 10.2 Å². The van der Waals surface area contributed by atoms with Gasteiger partial charge in [-0.2, -0.15) is 0 Å². The lowest BCUT2D eigenvalue weighted by molar-refractivity contribution is -0.113. The minimum Gasteiger partial charge on any atom is -0.342 e. The summed E-state index contributed by atoms with van der Waals surface area (Å²) in [6.45, 7) is 4.19. The van der Waals surface area contributed by atoms with E-state index in [0.717, 1.165) is 4.47 Å². The number of rotatable bonds is 8. The highest BCUT2D eigenvalue weighted by molar-refractivity contribution is 9.10. The quantitative estimate of drug-likeness (QED) is 0.389. The van der Waals surface area contributed by atoms with Crippen LogP contribution in [0.4, 0.5) is 10.1 Å². The lowest BCUT2D eigenvalue weighted by atomic mass is 10.2. The molecule has 7 nitrogen and oxygen atoms in total. The highest BCUT2D eigenvalue weighted by Gasteiger charge is 2.21. The van der Waals surface area contributed by atoms with Crippen molar-refractivity contribution in [3.8, 4) is 0 Å². The van der Waals surface area contributed by atoms with Crippen LogP contribution in [0.5, 0.6) is 0 Å². The predicted octanol–water partition coefficient (Wildman–Crippen LogP) is 5.07. The molecule has 0 spiro atoms. The average Bonchev–Trinajstić information content (AvgIpc) is 3.18. The first-order valence-electron chi connectivity index (χ1n) is 9.66. The van der Waals surface area contributed by atoms with Crippen LogP contribution in [-0.2, 0) is 11.3 Å². The molecule has 0 saturated heterocycles. The van der Waals surface area contributed by atoms with Crippen molar-refractivity contribution >= 4 is 56.8 Å². The summed E-state index contributed by atoms with van der Waals surface area (Å²) >= 11 is 10.6. The van der Waals surface area contributed by atoms with Gasteiger partial charge < -0.3 is 15.2 Å². The van der Waals surface area contributed by atoms with Gasteiger partial charge in [-0.3, -0.25) is 9.59 Å². The molecular formula is C21H20BrClFN5O2S. The topological polar surface area (TPSA) is 88.9 Å². The van der Waals surface area contributed by atoms with Crippen LogP contribution in [0.25, 0.3) is 0 Å². The summed E-state index contributed by atoms with van der Waals surface area (Å²) in [6.07, 6.45) is 0. The number of thioether (sulfide) groups is 1. The molecule has 0 radical (unpaired) electrons. The zero-order valence-electron chi connectivity index (χ0n) is 17.2. The molecule has 1 heterocycles. The molecule has 168 valence electrons. The number of halogens is 3. The van der Waals surface area contributed by atoms with Crippen LogP contribution in [0.15, 0.2) is 52.1 Å². The van der Waals surface area contributed by atoms with Gasteiger partial charge >= 0.3 is 0 Å². The van der Waals surface area contributed by atoms with E-state index in [1.165, 1.54) is 30.0 Å². The standard InChI is InChI=1S/C21H20BrClFN5O2S/c1-3-29-19(12(2)25-20(31)14-6-4-5-7-17(14)24)27-28-21(29)32-11-18(30)26-13-8-9-15(22)16(23)10-13/h4-10,12H,3,11H2,1-2H3,(H,25,31)(H,26,30)/t12-/m0/s1. The fourth-order valence-electron chi connectivity index (χ4n) is 2.91. The first-order valence-corrected chi connectivity index (χ1v) is 11.8. The summed E-state index contributed by atoms with van der Waals surface area (Å²) in [5.41, 5.74) is 0.548. The summed E-state index contributed by atoms with van der Waals surface area (Å²) < 4.78 is 16.4. The van der Waals surface area contributed by atoms with E-state index in [1.807, 2.05) is 6.92 Å². The van der Waals surface area contributed by atoms with Gasteiger partial charge in [-0.1, -0.05) is 35.5 Å². The lowest BCUT2D eigenvalue weighted by Crippen LogP contribution is -2.29. The Kier molecular flexibility index (Phi) is 8.27. The van der Waals surface area contributed by atoms with E-state index in [0.29, 0.717) is 28.2 Å². The zero-order chi connectivity index (χ0) is 23.3. The molecule has 2 amide bonds. The third-order valence-electron chi connectivity index (χ3n) is 4.45. The third kappa shape index (κ3) is 5.87. The van der Waals surface area contributed by atoms with Gasteiger partial charge in [0, 0.05) is 16.7 Å². The van der Waals surface area contributed by atoms with Crippen LogP contribution < -0.4 is 10.6 Å². The van der Waals surface area contributed by atoms with Crippen LogP contribution >= 0.6 is 39.3 Å². The maximum absolute atomic E-state index is 13.9. The van der Waals surface area contributed by atoms with Gasteiger partial charge in [0.25, 0.3) is 5.91 Å². The molecule has 2 N–H and O–H groups in total. The smallest absolute Gasteiger partial charge is 0.254 e. The maximum atomic E-state index is 13.9. The number of anilines is 1. The van der Waals surface area contributed by atoms with E-state index in [4.69, 9.17) is 11.6 Å². The Hall–Kier alpha value is -2.43. The fourth-order valence-corrected chi connectivity index (χ4v) is 4.15. The summed E-state index contributed by atoms with van der Waals surface area (Å²) in [4.78, 5) is 24.7. The van der Waals surface area contributed by atoms with E-state index in [1.54, 1.807) is 35.8 Å². The molecule has 32 heavy (non-hydrogen) atoms. The average molecular weight is 541 g/mol. The van der Waals surface area contributed by atoms with E-state index in [2.05, 4.69) is 36.8 Å². The van der Waals surface area contributed by atoms with Crippen molar-refractivity contribution in [1.82, 2.24) is 20.1 Å². The van der Waals surface area contributed by atoms with E-state index < -0.39 is 17.8 Å². The monoisotopic (exact) mass is 539 g/mol. The number of nitrogens with zero attached hydrogens (tertiary/aromatic N) is 3. The summed E-state index contributed by atoms with van der Waals surface area (Å²) in [7, 11) is 0. The van der Waals surface area contributed by atoms with Crippen LogP contribution in [-0.4, -0.2) is 32.3 Å². The number of hydrogen-bond donors (Lipinski definition) is 2. The minimum absolute atomic E-state index is 0.0405. The van der Waals surface area contributed by atoms with Gasteiger partial charge in [-0.05, 0) is 60.1 Å². The molecule has 2 aromatic carbocycles. The Labute approximate surface area is 202 Å². The Bertz CT molecular complexity index is 1140. The van der Waals surface area contributed by atoms with Crippen molar-refractivity contribution in [3.05, 3.63) is 69.2 Å². The Balaban J connectivity index is 1.63. The molecule has 0 unspecified atom stereocenters. The predicted molar refractivity (Wildman–Crippen MR) is 126 cm³/mol. The molecule has 0 aliphatic rings. The number of benzene rings is 2. The second-order valence-electron chi connectivity index (χ2n) is 6.73. The fraction of sp³-hybridized carbons (Fsp3) is 0.238. The molecule has 3 rings (SSSR count). The maximum Gasteiger partial charge on any atom is 0.254 e. The molecule has 1 aromatic heterocycles. The zero-order valence-corrected chi connectivity index (χ0v) is 20.4. The van der Waals surface area contributed by atoms with Crippen molar-refractivity contribution < 1.29 is 14.0 Å². The van der Waals surface area contributed by atoms with E-state index in [-0.39, 0.29) is 17.2 Å².